The van der Waals surface area contributed by atoms with Gasteiger partial charge in [0.05, 0.1) is 17.6 Å². The lowest BCUT2D eigenvalue weighted by Crippen LogP contribution is -2.19. The minimum Gasteiger partial charge on any atom is -0.321 e. The smallest absolute Gasteiger partial charge is 0.321 e. The zero-order chi connectivity index (χ0) is 22.3. The third kappa shape index (κ3) is 3.79. The highest BCUT2D eigenvalue weighted by Crippen LogP contribution is 2.31. The van der Waals surface area contributed by atoms with Gasteiger partial charge in [-0.2, -0.15) is 18.3 Å². The molecular formula is C21H16F3N5O2. The van der Waals surface area contributed by atoms with Gasteiger partial charge in [-0.1, -0.05) is 23.8 Å². The minimum atomic E-state index is -4.55. The number of nitrogens with one attached hydrogen (secondary N) is 1. The van der Waals surface area contributed by atoms with E-state index in [1.165, 1.54) is 34.8 Å². The first-order valence-electron chi connectivity index (χ1n) is 9.15. The number of anilines is 1. The van der Waals surface area contributed by atoms with Gasteiger partial charge in [-0.15, -0.1) is 0 Å². The Morgan fingerprint density at radius 1 is 1.10 bits per heavy atom. The standard InChI is InChI=1S/C21H16F3N5O2/c1-12-6-8-15(9-7-12)29-18-16(25-11-28(2)20(18)31)17(27-29)19(30)26-14-5-3-4-13(10-14)21(22,23)24/h3-11H,1-2H3,(H,26,30). The highest BCUT2D eigenvalue weighted by atomic mass is 19.4. The van der Waals surface area contributed by atoms with Crippen LogP contribution < -0.4 is 10.9 Å². The molecule has 0 bridgehead atoms. The maximum atomic E-state index is 13.0. The summed E-state index contributed by atoms with van der Waals surface area (Å²) in [5.41, 5.74) is 0.125. The van der Waals surface area contributed by atoms with Gasteiger partial charge in [0.2, 0.25) is 0 Å². The van der Waals surface area contributed by atoms with E-state index in [9.17, 15) is 22.8 Å². The molecule has 158 valence electrons. The molecule has 1 amide bonds. The Morgan fingerprint density at radius 3 is 2.48 bits per heavy atom. The number of nitrogens with zero attached hydrogens (tertiary/aromatic N) is 4. The average molecular weight is 427 g/mol. The monoisotopic (exact) mass is 427 g/mol. The first-order valence-corrected chi connectivity index (χ1v) is 9.15. The first kappa shape index (κ1) is 20.3. The molecule has 0 saturated carbocycles. The van der Waals surface area contributed by atoms with Crippen LogP contribution >= 0.6 is 0 Å². The fourth-order valence-electron chi connectivity index (χ4n) is 3.08. The van der Waals surface area contributed by atoms with E-state index in [4.69, 9.17) is 0 Å². The Labute approximate surface area is 173 Å². The van der Waals surface area contributed by atoms with Crippen LogP contribution in [0.3, 0.4) is 0 Å². The molecule has 0 radical (unpaired) electrons. The summed E-state index contributed by atoms with van der Waals surface area (Å²) < 4.78 is 41.5. The highest BCUT2D eigenvalue weighted by molar-refractivity contribution is 6.10. The van der Waals surface area contributed by atoms with Crippen molar-refractivity contribution in [1.82, 2.24) is 19.3 Å². The number of carbonyl (C=O) groups excluding carboxylic acids is 1. The van der Waals surface area contributed by atoms with Gasteiger partial charge >= 0.3 is 6.18 Å². The van der Waals surface area contributed by atoms with Crippen molar-refractivity contribution in [3.8, 4) is 5.69 Å². The van der Waals surface area contributed by atoms with Crippen LogP contribution in [0.4, 0.5) is 18.9 Å². The molecule has 4 aromatic rings. The summed E-state index contributed by atoms with van der Waals surface area (Å²) in [5.74, 6) is -0.782. The lowest BCUT2D eigenvalue weighted by Gasteiger charge is -2.09. The molecule has 1 N–H and O–H groups in total. The van der Waals surface area contributed by atoms with Crippen LogP contribution in [0.2, 0.25) is 0 Å². The predicted molar refractivity (Wildman–Crippen MR) is 108 cm³/mol. The summed E-state index contributed by atoms with van der Waals surface area (Å²) in [6.07, 6.45) is -3.29. The summed E-state index contributed by atoms with van der Waals surface area (Å²) in [6.45, 7) is 1.90. The number of hydrogen-bond acceptors (Lipinski definition) is 4. The Balaban J connectivity index is 1.81. The normalized spacial score (nSPS) is 11.6. The molecule has 0 saturated heterocycles. The number of benzene rings is 2. The minimum absolute atomic E-state index is 0.0492. The zero-order valence-corrected chi connectivity index (χ0v) is 16.4. The predicted octanol–water partition coefficient (Wildman–Crippen LogP) is 3.70. The van der Waals surface area contributed by atoms with Gasteiger partial charge in [0.25, 0.3) is 11.5 Å². The number of aromatic nitrogens is 4. The fourth-order valence-corrected chi connectivity index (χ4v) is 3.08. The molecule has 0 fully saturated rings. The van der Waals surface area contributed by atoms with Crippen LogP contribution in [-0.2, 0) is 13.2 Å². The summed E-state index contributed by atoms with van der Waals surface area (Å²) in [5, 5.41) is 6.67. The Morgan fingerprint density at radius 2 is 1.81 bits per heavy atom. The van der Waals surface area contributed by atoms with Crippen molar-refractivity contribution >= 4 is 22.6 Å². The van der Waals surface area contributed by atoms with Gasteiger partial charge in [0, 0.05) is 12.7 Å². The van der Waals surface area contributed by atoms with Crippen LogP contribution in [0.25, 0.3) is 16.7 Å². The number of alkyl halides is 3. The van der Waals surface area contributed by atoms with Gasteiger partial charge in [-0.25, -0.2) is 9.67 Å². The molecule has 0 aliphatic heterocycles. The van der Waals surface area contributed by atoms with Crippen LogP contribution in [0.5, 0.6) is 0 Å². The lowest BCUT2D eigenvalue weighted by atomic mass is 10.2. The largest absolute Gasteiger partial charge is 0.416 e. The number of carbonyl (C=O) groups is 1. The van der Waals surface area contributed by atoms with Crippen LogP contribution in [0.15, 0.2) is 59.7 Å². The molecule has 31 heavy (non-hydrogen) atoms. The molecule has 4 rings (SSSR count). The summed E-state index contributed by atoms with van der Waals surface area (Å²) >= 11 is 0. The quantitative estimate of drug-likeness (QED) is 0.541. The van der Waals surface area contributed by atoms with Crippen molar-refractivity contribution < 1.29 is 18.0 Å². The molecule has 2 heterocycles. The van der Waals surface area contributed by atoms with Crippen molar-refractivity contribution in [2.45, 2.75) is 13.1 Å². The first-order chi connectivity index (χ1) is 14.6. The van der Waals surface area contributed by atoms with E-state index in [1.54, 1.807) is 12.1 Å². The topological polar surface area (TPSA) is 81.8 Å². The summed E-state index contributed by atoms with van der Waals surface area (Å²) in [6, 6.07) is 11.4. The molecule has 2 aromatic heterocycles. The van der Waals surface area contributed by atoms with Crippen LogP contribution in [0, 0.1) is 6.92 Å². The molecule has 10 heteroatoms. The molecule has 0 aliphatic carbocycles. The average Bonchev–Trinajstić information content (AvgIpc) is 3.11. The van der Waals surface area contributed by atoms with E-state index in [0.717, 1.165) is 17.7 Å². The van der Waals surface area contributed by atoms with Crippen molar-refractivity contribution in [3.63, 3.8) is 0 Å². The molecule has 0 spiro atoms. The van der Waals surface area contributed by atoms with Gasteiger partial charge < -0.3 is 9.88 Å². The molecule has 7 nitrogen and oxygen atoms in total. The molecular weight excluding hydrogens is 411 g/mol. The van der Waals surface area contributed by atoms with E-state index >= 15 is 0 Å². The van der Waals surface area contributed by atoms with Gasteiger partial charge in [-0.05, 0) is 37.3 Å². The van der Waals surface area contributed by atoms with Crippen LogP contribution in [0.1, 0.15) is 21.6 Å². The molecule has 0 aliphatic rings. The molecule has 0 atom stereocenters. The van der Waals surface area contributed by atoms with Crippen molar-refractivity contribution in [2.24, 2.45) is 7.05 Å². The number of rotatable bonds is 3. The van der Waals surface area contributed by atoms with Gasteiger partial charge in [0.1, 0.15) is 5.52 Å². The second kappa shape index (κ2) is 7.38. The second-order valence-corrected chi connectivity index (χ2v) is 6.99. The number of fused-ring (bicyclic) bond motifs is 1. The van der Waals surface area contributed by atoms with E-state index in [0.29, 0.717) is 5.69 Å². The number of aryl methyl sites for hydroxylation is 2. The molecule has 0 unspecified atom stereocenters. The third-order valence-electron chi connectivity index (χ3n) is 4.68. The third-order valence-corrected chi connectivity index (χ3v) is 4.68. The summed E-state index contributed by atoms with van der Waals surface area (Å²) in [7, 11) is 1.52. The molecule has 2 aromatic carbocycles. The maximum Gasteiger partial charge on any atom is 0.416 e. The van der Waals surface area contributed by atoms with Gasteiger partial charge in [0.15, 0.2) is 11.2 Å². The van der Waals surface area contributed by atoms with Crippen molar-refractivity contribution in [2.75, 3.05) is 5.32 Å². The van der Waals surface area contributed by atoms with E-state index in [-0.39, 0.29) is 22.4 Å². The SMILES string of the molecule is Cc1ccc(-n2nc(C(=O)Nc3cccc(C(F)(F)F)c3)c3ncn(C)c(=O)c32)cc1. The van der Waals surface area contributed by atoms with E-state index in [2.05, 4.69) is 15.4 Å². The number of halogens is 3. The maximum absolute atomic E-state index is 13.0. The number of amides is 1. The van der Waals surface area contributed by atoms with E-state index in [1.807, 2.05) is 19.1 Å². The Hall–Kier alpha value is -3.95. The fraction of sp³-hybridized carbons (Fsp3) is 0.143. The van der Waals surface area contributed by atoms with E-state index < -0.39 is 23.2 Å². The lowest BCUT2D eigenvalue weighted by molar-refractivity contribution is -0.137. The highest BCUT2D eigenvalue weighted by Gasteiger charge is 2.31. The van der Waals surface area contributed by atoms with Gasteiger partial charge in [-0.3, -0.25) is 9.59 Å². The Bertz CT molecular complexity index is 1350. The second-order valence-electron chi connectivity index (χ2n) is 6.99. The van der Waals surface area contributed by atoms with Crippen LogP contribution in [-0.4, -0.2) is 25.2 Å². The number of hydrogen-bond donors (Lipinski definition) is 1. The van der Waals surface area contributed by atoms with Crippen molar-refractivity contribution in [1.29, 1.82) is 0 Å². The van der Waals surface area contributed by atoms with Crippen molar-refractivity contribution in [3.05, 3.63) is 82.0 Å². The Kier molecular flexibility index (Phi) is 4.84. The zero-order valence-electron chi connectivity index (χ0n) is 16.4. The summed E-state index contributed by atoms with van der Waals surface area (Å²) in [4.78, 5) is 29.8.